The number of halogens is 6. The zero-order valence-corrected chi connectivity index (χ0v) is 23.8. The molecule has 17 heteroatoms. The minimum atomic E-state index is -5.04. The van der Waals surface area contributed by atoms with Crippen molar-refractivity contribution in [1.29, 1.82) is 0 Å². The molecule has 3 heterocycles. The second-order valence-electron chi connectivity index (χ2n) is 9.75. The number of rotatable bonds is 7. The normalized spacial score (nSPS) is 13.8. The molecular weight excluding hydrogens is 628 g/mol. The largest absolute Gasteiger partial charge is 0.470 e. The summed E-state index contributed by atoms with van der Waals surface area (Å²) in [6.07, 6.45) is -8.55. The first-order valence-electron chi connectivity index (χ1n) is 13.2. The molecule has 2 aromatic heterocycles. The Hall–Kier alpha value is -4.93. The van der Waals surface area contributed by atoms with Crippen LogP contribution in [0.3, 0.4) is 0 Å². The van der Waals surface area contributed by atoms with Gasteiger partial charge in [-0.15, -0.1) is 4.37 Å². The van der Waals surface area contributed by atoms with E-state index < -0.39 is 35.2 Å². The van der Waals surface area contributed by atoms with Gasteiger partial charge < -0.3 is 25.2 Å². The van der Waals surface area contributed by atoms with E-state index in [9.17, 15) is 35.9 Å². The van der Waals surface area contributed by atoms with E-state index in [0.29, 0.717) is 34.9 Å². The van der Waals surface area contributed by atoms with E-state index in [1.165, 1.54) is 11.1 Å². The highest BCUT2D eigenvalue weighted by molar-refractivity contribution is 6.99. The molecule has 1 saturated heterocycles. The van der Waals surface area contributed by atoms with Crippen LogP contribution in [0.5, 0.6) is 5.88 Å². The number of nitrogens with zero attached hydrogens (tertiary/aromatic N) is 5. The third-order valence-corrected chi connectivity index (χ3v) is 7.13. The Kier molecular flexibility index (Phi) is 9.08. The van der Waals surface area contributed by atoms with Crippen molar-refractivity contribution in [3.63, 3.8) is 0 Å². The number of ether oxygens (including phenoxy) is 1. The summed E-state index contributed by atoms with van der Waals surface area (Å²) >= 11 is 0.907. The molecule has 1 fully saturated rings. The number of carbonyl (C=O) groups is 2. The molecule has 10 nitrogen and oxygen atoms in total. The van der Waals surface area contributed by atoms with Crippen LogP contribution in [0.4, 0.5) is 48.5 Å². The van der Waals surface area contributed by atoms with Gasteiger partial charge in [-0.3, -0.25) is 4.79 Å². The van der Waals surface area contributed by atoms with Crippen molar-refractivity contribution in [3.05, 3.63) is 89.1 Å². The fraction of sp³-hybridized carbons (Fsp3) is 0.250. The molecule has 45 heavy (non-hydrogen) atoms. The predicted molar refractivity (Wildman–Crippen MR) is 152 cm³/mol. The lowest BCUT2D eigenvalue weighted by Gasteiger charge is -2.34. The summed E-state index contributed by atoms with van der Waals surface area (Å²) in [7, 11) is 0. The average molecular weight is 652 g/mol. The van der Waals surface area contributed by atoms with Gasteiger partial charge in [-0.05, 0) is 48.0 Å². The lowest BCUT2D eigenvalue weighted by Crippen LogP contribution is -2.50. The minimum absolute atomic E-state index is 0.00651. The van der Waals surface area contributed by atoms with Crippen LogP contribution in [0.25, 0.3) is 0 Å². The van der Waals surface area contributed by atoms with Crippen molar-refractivity contribution in [1.82, 2.24) is 18.6 Å². The van der Waals surface area contributed by atoms with Crippen LogP contribution in [0.1, 0.15) is 27.0 Å². The smallest absolute Gasteiger partial charge is 0.416 e. The van der Waals surface area contributed by atoms with Crippen LogP contribution < -0.4 is 20.3 Å². The van der Waals surface area contributed by atoms with Gasteiger partial charge in [-0.25, -0.2) is 9.78 Å². The van der Waals surface area contributed by atoms with Gasteiger partial charge in [0.05, 0.1) is 22.9 Å². The summed E-state index contributed by atoms with van der Waals surface area (Å²) in [5.74, 6) is 0.657. The van der Waals surface area contributed by atoms with Gasteiger partial charge in [0.15, 0.2) is 0 Å². The number of benzene rings is 2. The Morgan fingerprint density at radius 2 is 1.51 bits per heavy atom. The number of nitrogens with one attached hydrogen (secondary N) is 2. The molecular formula is C28H23F6N7O3S. The second kappa shape index (κ2) is 13.0. The molecule has 2 N–H and O–H groups in total. The van der Waals surface area contributed by atoms with Crippen LogP contribution in [-0.4, -0.2) is 56.7 Å². The molecule has 0 unspecified atom stereocenters. The summed E-state index contributed by atoms with van der Waals surface area (Å²) in [5, 5.41) is 4.87. The average Bonchev–Trinajstić information content (AvgIpc) is 3.48. The number of hydrogen-bond donors (Lipinski definition) is 2. The molecule has 3 amide bonds. The highest BCUT2D eigenvalue weighted by Crippen LogP contribution is 2.37. The predicted octanol–water partition coefficient (Wildman–Crippen LogP) is 6.16. The molecule has 0 aliphatic carbocycles. The Morgan fingerprint density at radius 3 is 2.16 bits per heavy atom. The van der Waals surface area contributed by atoms with Crippen molar-refractivity contribution in [2.75, 3.05) is 41.7 Å². The van der Waals surface area contributed by atoms with Gasteiger partial charge in [0.2, 0.25) is 5.82 Å². The Labute approximate surface area is 256 Å². The molecule has 2 aromatic carbocycles. The Morgan fingerprint density at radius 1 is 0.844 bits per heavy atom. The molecule has 1 aliphatic heterocycles. The van der Waals surface area contributed by atoms with Crippen LogP contribution in [0.2, 0.25) is 0 Å². The van der Waals surface area contributed by atoms with E-state index in [-0.39, 0.29) is 50.6 Å². The Balaban J connectivity index is 1.17. The quantitative estimate of drug-likeness (QED) is 0.231. The molecule has 4 aromatic rings. The number of pyridine rings is 1. The number of alkyl halides is 6. The second-order valence-corrected chi connectivity index (χ2v) is 10.3. The Bertz CT molecular complexity index is 1630. The van der Waals surface area contributed by atoms with Gasteiger partial charge in [0.25, 0.3) is 11.8 Å². The lowest BCUT2D eigenvalue weighted by molar-refractivity contribution is -0.143. The van der Waals surface area contributed by atoms with Gasteiger partial charge in [0, 0.05) is 43.6 Å². The summed E-state index contributed by atoms with van der Waals surface area (Å²) in [4.78, 5) is 32.4. The van der Waals surface area contributed by atoms with Crippen LogP contribution in [-0.2, 0) is 19.0 Å². The topological polar surface area (TPSA) is 113 Å². The lowest BCUT2D eigenvalue weighted by atomic mass is 10.1. The van der Waals surface area contributed by atoms with E-state index in [4.69, 9.17) is 4.74 Å². The molecule has 0 bridgehead atoms. The molecule has 0 saturated carbocycles. The first kappa shape index (κ1) is 31.5. The molecule has 0 spiro atoms. The molecule has 0 radical (unpaired) electrons. The summed E-state index contributed by atoms with van der Waals surface area (Å²) < 4.78 is 93.4. The third kappa shape index (κ3) is 7.97. The number of aromatic nitrogens is 3. The van der Waals surface area contributed by atoms with Gasteiger partial charge in [-0.1, -0.05) is 18.2 Å². The van der Waals surface area contributed by atoms with E-state index >= 15 is 0 Å². The van der Waals surface area contributed by atoms with Crippen LogP contribution >= 0.6 is 11.7 Å². The van der Waals surface area contributed by atoms with Crippen molar-refractivity contribution in [3.8, 4) is 5.88 Å². The number of amides is 3. The number of piperazine rings is 1. The van der Waals surface area contributed by atoms with Crippen LogP contribution in [0, 0.1) is 0 Å². The van der Waals surface area contributed by atoms with Crippen molar-refractivity contribution in [2.24, 2.45) is 0 Å². The number of urea groups is 1. The molecule has 0 atom stereocenters. The number of carbonyl (C=O) groups excluding carboxylic acids is 2. The van der Waals surface area contributed by atoms with Crippen molar-refractivity contribution in [2.45, 2.75) is 19.0 Å². The van der Waals surface area contributed by atoms with Crippen LogP contribution in [0.15, 0.2) is 66.9 Å². The highest BCUT2D eigenvalue weighted by atomic mass is 32.1. The maximum atomic E-state index is 13.2. The van der Waals surface area contributed by atoms with Gasteiger partial charge >= 0.3 is 18.4 Å². The maximum absolute atomic E-state index is 13.2. The van der Waals surface area contributed by atoms with Crippen molar-refractivity contribution < 1.29 is 40.7 Å². The monoisotopic (exact) mass is 651 g/mol. The summed E-state index contributed by atoms with van der Waals surface area (Å²) in [6, 6.07) is 12.1. The van der Waals surface area contributed by atoms with E-state index in [1.807, 2.05) is 0 Å². The van der Waals surface area contributed by atoms with Gasteiger partial charge in [-0.2, -0.15) is 30.7 Å². The maximum Gasteiger partial charge on any atom is 0.416 e. The zero-order valence-electron chi connectivity index (χ0n) is 23.0. The van der Waals surface area contributed by atoms with E-state index in [1.54, 1.807) is 47.4 Å². The molecule has 1 aliphatic rings. The first-order chi connectivity index (χ1) is 21.4. The highest BCUT2D eigenvalue weighted by Gasteiger charge is 2.37. The zero-order chi connectivity index (χ0) is 32.2. The third-order valence-electron chi connectivity index (χ3n) is 6.63. The fourth-order valence-electron chi connectivity index (χ4n) is 4.37. The van der Waals surface area contributed by atoms with Gasteiger partial charge in [0.1, 0.15) is 12.4 Å². The first-order valence-corrected chi connectivity index (χ1v) is 14.0. The fourth-order valence-corrected chi connectivity index (χ4v) is 4.89. The van der Waals surface area contributed by atoms with E-state index in [2.05, 4.69) is 24.4 Å². The number of hydrogen-bond acceptors (Lipinski definition) is 8. The summed E-state index contributed by atoms with van der Waals surface area (Å²) in [6.45, 7) is 0.771. The number of anilines is 3. The molecule has 5 rings (SSSR count). The van der Waals surface area contributed by atoms with E-state index in [0.717, 1.165) is 11.7 Å². The van der Waals surface area contributed by atoms with Crippen molar-refractivity contribution >= 4 is 41.0 Å². The minimum Gasteiger partial charge on any atom is -0.470 e. The SMILES string of the molecule is O=C(Nc1cc(COc2nsnc2N2CCN(C(=O)Nc3cc(C(F)(F)F)cc(C(F)(F)F)c3)CC2)ccn1)c1ccccc1. The summed E-state index contributed by atoms with van der Waals surface area (Å²) in [5.41, 5.74) is -2.51. The molecule has 236 valence electrons. The standard InChI is InChI=1S/C28H23F6N7O3S/c29-27(30,31)19-13-20(28(32,33)34)15-21(14-19)36-26(43)41-10-8-40(9-11-41)23-25(39-45-38-23)44-16-17-6-7-35-22(12-17)37-24(42)18-4-2-1-3-5-18/h1-7,12-15H,8-11,16H2,(H,36,43)(H,35,37,42).